The van der Waals surface area contributed by atoms with Crippen molar-refractivity contribution < 1.29 is 27.5 Å². The predicted molar refractivity (Wildman–Crippen MR) is 144 cm³/mol. The van der Waals surface area contributed by atoms with Crippen LogP contribution in [-0.4, -0.2) is 44.2 Å². The first-order chi connectivity index (χ1) is 18.3. The van der Waals surface area contributed by atoms with Crippen molar-refractivity contribution in [1.82, 2.24) is 9.62 Å². The van der Waals surface area contributed by atoms with E-state index in [1.165, 1.54) is 11.0 Å². The lowest BCUT2D eigenvalue weighted by Crippen LogP contribution is -2.44. The Morgan fingerprint density at radius 1 is 0.947 bits per heavy atom. The molecule has 0 aliphatic carbocycles. The molecule has 200 valence electrons. The third kappa shape index (κ3) is 7.97. The number of halogens is 1. The molecule has 2 amide bonds. The molecule has 3 aromatic rings. The summed E-state index contributed by atoms with van der Waals surface area (Å²) in [6.45, 7) is 1.04. The zero-order chi connectivity index (χ0) is 27.0. The smallest absolute Gasteiger partial charge is 0.410 e. The van der Waals surface area contributed by atoms with E-state index < -0.39 is 22.0 Å². The maximum atomic E-state index is 12.9. The molecule has 0 spiro atoms. The van der Waals surface area contributed by atoms with Crippen molar-refractivity contribution >= 4 is 33.6 Å². The lowest BCUT2D eigenvalue weighted by Gasteiger charge is -2.31. The van der Waals surface area contributed by atoms with E-state index in [1.807, 2.05) is 36.4 Å². The van der Waals surface area contributed by atoms with E-state index in [9.17, 15) is 18.0 Å². The molecular formula is C28H29ClN2O6S. The highest BCUT2D eigenvalue weighted by Crippen LogP contribution is 2.22. The Morgan fingerprint density at radius 3 is 2.47 bits per heavy atom. The van der Waals surface area contributed by atoms with Gasteiger partial charge in [0.15, 0.2) is 0 Å². The quantitative estimate of drug-likeness (QED) is 0.397. The molecule has 0 radical (unpaired) electrons. The lowest BCUT2D eigenvalue weighted by molar-refractivity contribution is 0.0811. The monoisotopic (exact) mass is 556 g/mol. The standard InChI is InChI=1S/C28H29ClN2O6S/c29-24-12-6-10-22(16-24)19-36-26-14-5-4-13-25(26)27(32)30-38(34,35)20-23-11-7-15-31(17-23)28(33)37-18-21-8-2-1-3-9-21/h1-6,8-10,12-14,16,23H,7,11,15,17-20H2,(H,30,32)/t23-/m0/s1. The number of carbonyl (C=O) groups excluding carboxylic acids is 2. The van der Waals surface area contributed by atoms with Crippen LogP contribution in [-0.2, 0) is 28.0 Å². The number of nitrogens with one attached hydrogen (secondary N) is 1. The Hall–Kier alpha value is -3.56. The minimum absolute atomic E-state index is 0.105. The van der Waals surface area contributed by atoms with Gasteiger partial charge in [-0.25, -0.2) is 17.9 Å². The average molecular weight is 557 g/mol. The van der Waals surface area contributed by atoms with E-state index in [4.69, 9.17) is 21.1 Å². The number of carbonyl (C=O) groups is 2. The number of hydrogen-bond donors (Lipinski definition) is 1. The van der Waals surface area contributed by atoms with E-state index in [2.05, 4.69) is 4.72 Å². The number of likely N-dealkylation sites (tertiary alicyclic amines) is 1. The van der Waals surface area contributed by atoms with Gasteiger partial charge in [-0.1, -0.05) is 66.2 Å². The molecule has 1 N–H and O–H groups in total. The first-order valence-electron chi connectivity index (χ1n) is 12.3. The number of piperidine rings is 1. The molecule has 8 nitrogen and oxygen atoms in total. The summed E-state index contributed by atoms with van der Waals surface area (Å²) in [5, 5.41) is 0.564. The number of nitrogens with zero attached hydrogens (tertiary/aromatic N) is 1. The maximum Gasteiger partial charge on any atom is 0.410 e. The molecule has 1 aliphatic heterocycles. The van der Waals surface area contributed by atoms with Crippen LogP contribution in [0.2, 0.25) is 5.02 Å². The van der Waals surface area contributed by atoms with Gasteiger partial charge in [-0.05, 0) is 54.2 Å². The second-order valence-corrected chi connectivity index (χ2v) is 11.3. The fourth-order valence-electron chi connectivity index (χ4n) is 4.29. The topological polar surface area (TPSA) is 102 Å². The SMILES string of the molecule is O=C(NS(=O)(=O)C[C@H]1CCCN(C(=O)OCc2ccccc2)C1)c1ccccc1OCc1cccc(Cl)c1. The molecule has 0 bridgehead atoms. The number of amides is 2. The molecule has 38 heavy (non-hydrogen) atoms. The van der Waals surface area contributed by atoms with E-state index >= 15 is 0 Å². The number of para-hydroxylation sites is 1. The highest BCUT2D eigenvalue weighted by Gasteiger charge is 2.29. The number of benzene rings is 3. The Morgan fingerprint density at radius 2 is 1.68 bits per heavy atom. The molecule has 1 aliphatic rings. The van der Waals surface area contributed by atoms with Crippen molar-refractivity contribution in [3.8, 4) is 5.75 Å². The molecule has 0 unspecified atom stereocenters. The van der Waals surface area contributed by atoms with Crippen LogP contribution >= 0.6 is 11.6 Å². The van der Waals surface area contributed by atoms with Gasteiger partial charge in [0.2, 0.25) is 10.0 Å². The number of sulfonamides is 1. The van der Waals surface area contributed by atoms with Crippen LogP contribution in [0, 0.1) is 5.92 Å². The van der Waals surface area contributed by atoms with E-state index in [0.29, 0.717) is 24.4 Å². The van der Waals surface area contributed by atoms with Crippen LogP contribution in [0.25, 0.3) is 0 Å². The third-order valence-corrected chi connectivity index (χ3v) is 7.74. The number of hydrogen-bond acceptors (Lipinski definition) is 6. The maximum absolute atomic E-state index is 12.9. The van der Waals surface area contributed by atoms with Gasteiger partial charge in [-0.15, -0.1) is 0 Å². The Balaban J connectivity index is 1.32. The molecule has 0 aromatic heterocycles. The Kier molecular flexibility index (Phi) is 9.25. The highest BCUT2D eigenvalue weighted by atomic mass is 35.5. The number of ether oxygens (including phenoxy) is 2. The molecule has 1 saturated heterocycles. The Labute approximate surface area is 227 Å². The molecule has 10 heteroatoms. The lowest BCUT2D eigenvalue weighted by atomic mass is 10.0. The van der Waals surface area contributed by atoms with Crippen LogP contribution in [0.5, 0.6) is 5.75 Å². The normalized spacial score (nSPS) is 15.5. The minimum atomic E-state index is -3.97. The first kappa shape index (κ1) is 27.5. The van der Waals surface area contributed by atoms with Crippen molar-refractivity contribution in [3.63, 3.8) is 0 Å². The predicted octanol–water partition coefficient (Wildman–Crippen LogP) is 5.03. The molecule has 1 heterocycles. The molecule has 3 aromatic carbocycles. The van der Waals surface area contributed by atoms with Crippen LogP contribution < -0.4 is 9.46 Å². The molecule has 0 saturated carbocycles. The van der Waals surface area contributed by atoms with E-state index in [0.717, 1.165) is 11.1 Å². The van der Waals surface area contributed by atoms with Gasteiger partial charge in [0.1, 0.15) is 19.0 Å². The summed E-state index contributed by atoms with van der Waals surface area (Å²) in [6.07, 6.45) is 0.789. The molecular weight excluding hydrogens is 528 g/mol. The second-order valence-electron chi connectivity index (χ2n) is 9.12. The van der Waals surface area contributed by atoms with Crippen molar-refractivity contribution in [1.29, 1.82) is 0 Å². The zero-order valence-corrected chi connectivity index (χ0v) is 22.3. The first-order valence-corrected chi connectivity index (χ1v) is 14.3. The molecule has 4 rings (SSSR count). The summed E-state index contributed by atoms with van der Waals surface area (Å²) in [7, 11) is -3.97. The van der Waals surface area contributed by atoms with Gasteiger partial charge in [0.05, 0.1) is 11.3 Å². The van der Waals surface area contributed by atoms with Gasteiger partial charge in [-0.3, -0.25) is 4.79 Å². The van der Waals surface area contributed by atoms with Crippen LogP contribution in [0.3, 0.4) is 0 Å². The van der Waals surface area contributed by atoms with Gasteiger partial charge < -0.3 is 14.4 Å². The van der Waals surface area contributed by atoms with Crippen molar-refractivity contribution in [2.45, 2.75) is 26.1 Å². The van der Waals surface area contributed by atoms with Crippen molar-refractivity contribution in [3.05, 3.63) is 101 Å². The van der Waals surface area contributed by atoms with E-state index in [-0.39, 0.29) is 42.7 Å². The summed E-state index contributed by atoms with van der Waals surface area (Å²) in [4.78, 5) is 27.0. The summed E-state index contributed by atoms with van der Waals surface area (Å²) in [6, 6.07) is 22.9. The van der Waals surface area contributed by atoms with E-state index in [1.54, 1.807) is 36.4 Å². The highest BCUT2D eigenvalue weighted by molar-refractivity contribution is 7.90. The third-order valence-electron chi connectivity index (χ3n) is 6.10. The van der Waals surface area contributed by atoms with Crippen LogP contribution in [0.4, 0.5) is 4.79 Å². The molecule has 1 atom stereocenters. The van der Waals surface area contributed by atoms with Gasteiger partial charge in [0.25, 0.3) is 5.91 Å². The van der Waals surface area contributed by atoms with Gasteiger partial charge in [0, 0.05) is 18.1 Å². The Bertz CT molecular complexity index is 1370. The number of rotatable bonds is 9. The summed E-state index contributed by atoms with van der Waals surface area (Å²) >= 11 is 6.01. The van der Waals surface area contributed by atoms with Gasteiger partial charge >= 0.3 is 6.09 Å². The van der Waals surface area contributed by atoms with Crippen LogP contribution in [0.15, 0.2) is 78.9 Å². The van der Waals surface area contributed by atoms with Crippen molar-refractivity contribution in [2.75, 3.05) is 18.8 Å². The zero-order valence-electron chi connectivity index (χ0n) is 20.7. The largest absolute Gasteiger partial charge is 0.488 e. The fourth-order valence-corrected chi connectivity index (χ4v) is 5.87. The van der Waals surface area contributed by atoms with Gasteiger partial charge in [-0.2, -0.15) is 0 Å². The minimum Gasteiger partial charge on any atom is -0.488 e. The summed E-state index contributed by atoms with van der Waals surface area (Å²) in [5.41, 5.74) is 1.79. The summed E-state index contributed by atoms with van der Waals surface area (Å²) < 4.78 is 39.1. The van der Waals surface area contributed by atoms with Crippen molar-refractivity contribution in [2.24, 2.45) is 5.92 Å². The molecule has 1 fully saturated rings. The summed E-state index contributed by atoms with van der Waals surface area (Å²) in [5.74, 6) is -1.13. The second kappa shape index (κ2) is 12.8. The average Bonchev–Trinajstić information content (AvgIpc) is 2.91. The fraction of sp³-hybridized carbons (Fsp3) is 0.286. The van der Waals surface area contributed by atoms with Crippen LogP contribution in [0.1, 0.15) is 34.3 Å².